The summed E-state index contributed by atoms with van der Waals surface area (Å²) in [7, 11) is 0. The van der Waals surface area contributed by atoms with E-state index in [2.05, 4.69) is 64.2 Å². The van der Waals surface area contributed by atoms with Crippen LogP contribution >= 0.6 is 0 Å². The van der Waals surface area contributed by atoms with Crippen LogP contribution in [0.1, 0.15) is 12.5 Å². The fourth-order valence-electron chi connectivity index (χ4n) is 4.50. The van der Waals surface area contributed by atoms with Crippen LogP contribution in [0.25, 0.3) is 22.4 Å². The van der Waals surface area contributed by atoms with Crippen LogP contribution in [0.5, 0.6) is 5.75 Å². The average Bonchev–Trinajstić information content (AvgIpc) is 3.34. The van der Waals surface area contributed by atoms with Gasteiger partial charge in [0.2, 0.25) is 0 Å². The number of nitro benzene ring substituents is 1. The standard InChI is InChI=1S/C27H29N5O3/c1-2-20-9-11-21(12-10-20)27-28-24-7-4-8-25(26(24)29-27)31-15-13-30(14-16-31)17-18-35-23-6-3-5-22(19-23)32(33)34/h3-12,19H,2,13-18H2,1H3,(H,28,29). The number of piperazine rings is 1. The topological polar surface area (TPSA) is 87.5 Å². The van der Waals surface area contributed by atoms with Crippen LogP contribution in [0.2, 0.25) is 0 Å². The van der Waals surface area contributed by atoms with Crippen molar-refractivity contribution in [2.24, 2.45) is 0 Å². The zero-order chi connectivity index (χ0) is 24.2. The molecular weight excluding hydrogens is 442 g/mol. The van der Waals surface area contributed by atoms with Crippen LogP contribution in [0.3, 0.4) is 0 Å². The molecule has 0 aliphatic carbocycles. The Hall–Kier alpha value is -3.91. The molecule has 1 aliphatic heterocycles. The molecule has 0 atom stereocenters. The van der Waals surface area contributed by atoms with E-state index in [1.807, 2.05) is 0 Å². The molecule has 5 rings (SSSR count). The molecule has 1 fully saturated rings. The molecule has 1 aromatic heterocycles. The fourth-order valence-corrected chi connectivity index (χ4v) is 4.50. The van der Waals surface area contributed by atoms with E-state index in [4.69, 9.17) is 9.72 Å². The van der Waals surface area contributed by atoms with Gasteiger partial charge in [-0.25, -0.2) is 4.98 Å². The number of aromatic nitrogens is 2. The third-order valence-electron chi connectivity index (χ3n) is 6.54. The van der Waals surface area contributed by atoms with Crippen molar-refractivity contribution in [3.63, 3.8) is 0 Å². The van der Waals surface area contributed by atoms with Gasteiger partial charge in [0.05, 0.1) is 22.2 Å². The van der Waals surface area contributed by atoms with Crippen LogP contribution < -0.4 is 9.64 Å². The van der Waals surface area contributed by atoms with Gasteiger partial charge in [0.1, 0.15) is 23.7 Å². The number of hydrogen-bond donors (Lipinski definition) is 1. The van der Waals surface area contributed by atoms with Gasteiger partial charge in [-0.2, -0.15) is 0 Å². The summed E-state index contributed by atoms with van der Waals surface area (Å²) in [6, 6.07) is 21.2. The number of imidazole rings is 1. The number of fused-ring (bicyclic) bond motifs is 1. The Labute approximate surface area is 204 Å². The first-order chi connectivity index (χ1) is 17.1. The van der Waals surface area contributed by atoms with E-state index in [0.717, 1.165) is 67.3 Å². The van der Waals surface area contributed by atoms with Crippen LogP contribution in [-0.4, -0.2) is 59.1 Å². The monoisotopic (exact) mass is 471 g/mol. The van der Waals surface area contributed by atoms with E-state index in [1.165, 1.54) is 17.7 Å². The van der Waals surface area contributed by atoms with Gasteiger partial charge in [-0.05, 0) is 30.2 Å². The summed E-state index contributed by atoms with van der Waals surface area (Å²) in [6.45, 7) is 7.09. The van der Waals surface area contributed by atoms with Crippen molar-refractivity contribution in [2.75, 3.05) is 44.2 Å². The molecule has 0 unspecified atom stereocenters. The van der Waals surface area contributed by atoms with E-state index < -0.39 is 4.92 Å². The van der Waals surface area contributed by atoms with Crippen LogP contribution in [0, 0.1) is 10.1 Å². The van der Waals surface area contributed by atoms with Gasteiger partial charge in [-0.1, -0.05) is 43.3 Å². The van der Waals surface area contributed by atoms with Crippen molar-refractivity contribution >= 4 is 22.4 Å². The van der Waals surface area contributed by atoms with E-state index in [9.17, 15) is 10.1 Å². The summed E-state index contributed by atoms with van der Waals surface area (Å²) in [5.41, 5.74) is 5.67. The molecule has 8 nitrogen and oxygen atoms in total. The van der Waals surface area contributed by atoms with Gasteiger partial charge in [0.15, 0.2) is 0 Å². The summed E-state index contributed by atoms with van der Waals surface area (Å²) in [5, 5.41) is 10.9. The molecule has 1 saturated heterocycles. The van der Waals surface area contributed by atoms with Crippen molar-refractivity contribution in [1.82, 2.24) is 14.9 Å². The largest absolute Gasteiger partial charge is 0.492 e. The molecule has 35 heavy (non-hydrogen) atoms. The second kappa shape index (κ2) is 10.1. The highest BCUT2D eigenvalue weighted by molar-refractivity contribution is 5.91. The number of H-pyrrole nitrogens is 1. The van der Waals surface area contributed by atoms with Gasteiger partial charge < -0.3 is 14.6 Å². The molecule has 1 aliphatic rings. The van der Waals surface area contributed by atoms with Crippen molar-refractivity contribution < 1.29 is 9.66 Å². The predicted molar refractivity (Wildman–Crippen MR) is 138 cm³/mol. The maximum Gasteiger partial charge on any atom is 0.273 e. The predicted octanol–water partition coefficient (Wildman–Crippen LogP) is 4.90. The number of anilines is 1. The quantitative estimate of drug-likeness (QED) is 0.290. The van der Waals surface area contributed by atoms with E-state index in [0.29, 0.717) is 12.4 Å². The van der Waals surface area contributed by atoms with Gasteiger partial charge in [-0.3, -0.25) is 15.0 Å². The zero-order valence-corrected chi connectivity index (χ0v) is 19.8. The molecule has 4 aromatic rings. The second-order valence-electron chi connectivity index (χ2n) is 8.74. The number of benzene rings is 3. The number of non-ortho nitro benzene ring substituents is 1. The van der Waals surface area contributed by atoms with Gasteiger partial charge in [0.25, 0.3) is 5.69 Å². The Morgan fingerprint density at radius 3 is 2.54 bits per heavy atom. The number of rotatable bonds is 8. The summed E-state index contributed by atoms with van der Waals surface area (Å²) in [6.07, 6.45) is 1.03. The molecule has 180 valence electrons. The summed E-state index contributed by atoms with van der Waals surface area (Å²) >= 11 is 0. The number of nitrogens with one attached hydrogen (secondary N) is 1. The molecule has 0 radical (unpaired) electrons. The lowest BCUT2D eigenvalue weighted by Crippen LogP contribution is -2.47. The fraction of sp³-hybridized carbons (Fsp3) is 0.296. The molecule has 8 heteroatoms. The van der Waals surface area contributed by atoms with Gasteiger partial charge in [0, 0.05) is 44.4 Å². The number of hydrogen-bond acceptors (Lipinski definition) is 6. The molecular formula is C27H29N5O3. The average molecular weight is 472 g/mol. The van der Waals surface area contributed by atoms with Crippen LogP contribution in [0.15, 0.2) is 66.7 Å². The maximum absolute atomic E-state index is 10.9. The van der Waals surface area contributed by atoms with Crippen LogP contribution in [-0.2, 0) is 6.42 Å². The first-order valence-electron chi connectivity index (χ1n) is 12.0. The third kappa shape index (κ3) is 5.12. The molecule has 0 saturated carbocycles. The second-order valence-corrected chi connectivity index (χ2v) is 8.74. The Morgan fingerprint density at radius 1 is 1.03 bits per heavy atom. The highest BCUT2D eigenvalue weighted by Crippen LogP contribution is 2.29. The smallest absolute Gasteiger partial charge is 0.273 e. The zero-order valence-electron chi connectivity index (χ0n) is 19.8. The minimum absolute atomic E-state index is 0.0461. The number of aromatic amines is 1. The Kier molecular flexibility index (Phi) is 6.63. The maximum atomic E-state index is 10.9. The number of nitro groups is 1. The first-order valence-corrected chi connectivity index (χ1v) is 12.0. The molecule has 0 spiro atoms. The number of nitrogens with zero attached hydrogens (tertiary/aromatic N) is 4. The molecule has 3 aromatic carbocycles. The SMILES string of the molecule is CCc1ccc(-c2nc3c(N4CCN(CCOc5cccc([N+](=O)[O-])c5)CC4)cccc3[nH]2)cc1. The Balaban J connectivity index is 1.20. The molecule has 2 heterocycles. The summed E-state index contributed by atoms with van der Waals surface area (Å²) < 4.78 is 5.75. The Bertz CT molecular complexity index is 1310. The number of ether oxygens (including phenoxy) is 1. The highest BCUT2D eigenvalue weighted by Gasteiger charge is 2.20. The molecule has 1 N–H and O–H groups in total. The number of para-hydroxylation sites is 1. The molecule has 0 amide bonds. The normalized spacial score (nSPS) is 14.4. The highest BCUT2D eigenvalue weighted by atomic mass is 16.6. The Morgan fingerprint density at radius 2 is 1.80 bits per heavy atom. The lowest BCUT2D eigenvalue weighted by molar-refractivity contribution is -0.384. The van der Waals surface area contributed by atoms with E-state index >= 15 is 0 Å². The third-order valence-corrected chi connectivity index (χ3v) is 6.54. The van der Waals surface area contributed by atoms with Crippen LogP contribution in [0.4, 0.5) is 11.4 Å². The van der Waals surface area contributed by atoms with E-state index in [-0.39, 0.29) is 5.69 Å². The lowest BCUT2D eigenvalue weighted by atomic mass is 10.1. The molecule has 0 bridgehead atoms. The minimum atomic E-state index is -0.406. The first kappa shape index (κ1) is 22.9. The minimum Gasteiger partial charge on any atom is -0.492 e. The van der Waals surface area contributed by atoms with Crippen molar-refractivity contribution in [3.05, 3.63) is 82.4 Å². The summed E-state index contributed by atoms with van der Waals surface area (Å²) in [5.74, 6) is 1.43. The van der Waals surface area contributed by atoms with Gasteiger partial charge >= 0.3 is 0 Å². The van der Waals surface area contributed by atoms with Crippen molar-refractivity contribution in [2.45, 2.75) is 13.3 Å². The van der Waals surface area contributed by atoms with Crippen molar-refractivity contribution in [3.8, 4) is 17.1 Å². The summed E-state index contributed by atoms with van der Waals surface area (Å²) in [4.78, 5) is 23.7. The van der Waals surface area contributed by atoms with Crippen molar-refractivity contribution in [1.29, 1.82) is 0 Å². The lowest BCUT2D eigenvalue weighted by Gasteiger charge is -2.36. The van der Waals surface area contributed by atoms with E-state index in [1.54, 1.807) is 12.1 Å². The van der Waals surface area contributed by atoms with Gasteiger partial charge in [-0.15, -0.1) is 0 Å². The number of aryl methyl sites for hydroxylation is 1.